The van der Waals surface area contributed by atoms with Crippen LogP contribution in [-0.4, -0.2) is 79.4 Å². The maximum atomic E-state index is 14.1. The molecule has 262 valence electrons. The number of esters is 1. The van der Waals surface area contributed by atoms with Crippen molar-refractivity contribution in [3.63, 3.8) is 0 Å². The summed E-state index contributed by atoms with van der Waals surface area (Å²) in [6.07, 6.45) is 0.965. The molecule has 1 unspecified atom stereocenters. The number of hydrogen-bond acceptors (Lipinski definition) is 10. The van der Waals surface area contributed by atoms with E-state index in [1.165, 1.54) is 11.7 Å². The molecule has 4 heterocycles. The van der Waals surface area contributed by atoms with Crippen LogP contribution in [0.25, 0.3) is 22.1 Å². The van der Waals surface area contributed by atoms with Gasteiger partial charge in [-0.1, -0.05) is 24.1 Å². The molecule has 49 heavy (non-hydrogen) atoms. The normalized spacial score (nSPS) is 16.8. The molecule has 0 radical (unpaired) electrons. The lowest BCUT2D eigenvalue weighted by Crippen LogP contribution is -2.48. The summed E-state index contributed by atoms with van der Waals surface area (Å²) in [7, 11) is -0.380. The Morgan fingerprint density at radius 3 is 2.61 bits per heavy atom. The van der Waals surface area contributed by atoms with Gasteiger partial charge in [-0.3, -0.25) is 27.9 Å². The second-order valence-electron chi connectivity index (χ2n) is 12.5. The number of piperidine rings is 1. The monoisotopic (exact) mass is 693 g/mol. The number of carbonyl (C=O) groups excluding carboxylic acids is 1. The van der Waals surface area contributed by atoms with Crippen LogP contribution in [0.2, 0.25) is 0 Å². The van der Waals surface area contributed by atoms with E-state index >= 15 is 0 Å². The highest BCUT2D eigenvalue weighted by Crippen LogP contribution is 2.39. The lowest BCUT2D eigenvalue weighted by Gasteiger charge is -2.36. The maximum Gasteiger partial charge on any atom is 0.332 e. The van der Waals surface area contributed by atoms with E-state index in [4.69, 9.17) is 14.5 Å². The Hall–Kier alpha value is -4.35. The van der Waals surface area contributed by atoms with Crippen molar-refractivity contribution < 1.29 is 18.8 Å². The topological polar surface area (TPSA) is 168 Å². The molecule has 0 spiro atoms. The number of methoxy groups -OCH3 is 1. The van der Waals surface area contributed by atoms with Gasteiger partial charge < -0.3 is 14.4 Å². The quantitative estimate of drug-likeness (QED) is 0.127. The third-order valence-electron chi connectivity index (χ3n) is 8.28. The lowest BCUT2D eigenvalue weighted by molar-refractivity contribution is -0.148. The van der Waals surface area contributed by atoms with Crippen molar-refractivity contribution >= 4 is 41.4 Å². The van der Waals surface area contributed by atoms with Gasteiger partial charge in [-0.2, -0.15) is 4.98 Å². The van der Waals surface area contributed by atoms with Gasteiger partial charge in [-0.25, -0.2) is 24.9 Å². The Morgan fingerprint density at radius 1 is 1.14 bits per heavy atom. The highest BCUT2D eigenvalue weighted by atomic mass is 31.2. The zero-order valence-corrected chi connectivity index (χ0v) is 29.9. The Bertz CT molecular complexity index is 2090. The van der Waals surface area contributed by atoms with Crippen LogP contribution >= 0.6 is 7.44 Å². The van der Waals surface area contributed by atoms with Gasteiger partial charge in [0.25, 0.3) is 5.56 Å². The Balaban J connectivity index is 1.49. The molecule has 15 nitrogen and oxygen atoms in total. The van der Waals surface area contributed by atoms with Crippen molar-refractivity contribution in [1.82, 2.24) is 38.8 Å². The number of aromatic nitrogens is 6. The predicted molar refractivity (Wildman–Crippen MR) is 188 cm³/mol. The summed E-state index contributed by atoms with van der Waals surface area (Å²) in [6, 6.07) is 6.47. The van der Waals surface area contributed by atoms with E-state index in [1.807, 2.05) is 36.1 Å². The van der Waals surface area contributed by atoms with Gasteiger partial charge in [-0.15, -0.1) is 5.92 Å². The highest BCUT2D eigenvalue weighted by molar-refractivity contribution is 7.59. The van der Waals surface area contributed by atoms with Crippen molar-refractivity contribution in [2.75, 3.05) is 31.4 Å². The smallest absolute Gasteiger partial charge is 0.332 e. The van der Waals surface area contributed by atoms with Gasteiger partial charge in [0.15, 0.2) is 11.2 Å². The van der Waals surface area contributed by atoms with Crippen LogP contribution in [0.5, 0.6) is 0 Å². The minimum absolute atomic E-state index is 0.117. The molecule has 4 aromatic rings. The fourth-order valence-electron chi connectivity index (χ4n) is 6.11. The minimum Gasteiger partial charge on any atom is -0.462 e. The largest absolute Gasteiger partial charge is 0.462 e. The molecule has 0 aliphatic carbocycles. The average Bonchev–Trinajstić information content (AvgIpc) is 3.44. The zero-order chi connectivity index (χ0) is 35.5. The molecule has 5 rings (SSSR count). The van der Waals surface area contributed by atoms with Crippen LogP contribution in [0.1, 0.15) is 52.1 Å². The van der Waals surface area contributed by atoms with Crippen LogP contribution in [-0.2, 0) is 39.0 Å². The summed E-state index contributed by atoms with van der Waals surface area (Å²) < 4.78 is 28.8. The van der Waals surface area contributed by atoms with Gasteiger partial charge in [-0.05, 0) is 53.5 Å². The third-order valence-corrected chi connectivity index (χ3v) is 10.5. The van der Waals surface area contributed by atoms with Gasteiger partial charge in [0, 0.05) is 44.4 Å². The number of benzene rings is 1. The molecule has 1 fully saturated rings. The average molecular weight is 694 g/mol. The number of para-hydroxylation sites is 1. The summed E-state index contributed by atoms with van der Waals surface area (Å²) >= 11 is 0. The second kappa shape index (κ2) is 15.0. The summed E-state index contributed by atoms with van der Waals surface area (Å²) in [5.41, 5.74) is 0.878. The fourth-order valence-corrected chi connectivity index (χ4v) is 8.23. The van der Waals surface area contributed by atoms with E-state index in [0.717, 1.165) is 27.6 Å². The van der Waals surface area contributed by atoms with Crippen LogP contribution in [0, 0.1) is 18.8 Å². The van der Waals surface area contributed by atoms with E-state index in [1.54, 1.807) is 39.3 Å². The maximum absolute atomic E-state index is 14.1. The molecule has 1 aliphatic rings. The minimum atomic E-state index is -3.41. The lowest BCUT2D eigenvalue weighted by atomic mass is 10.1. The molecule has 0 bridgehead atoms. The number of ether oxygens (including phenoxy) is 2. The third kappa shape index (κ3) is 7.78. The van der Waals surface area contributed by atoms with Crippen LogP contribution in [0.4, 0.5) is 5.95 Å². The molecule has 0 amide bonds. The molecule has 1 saturated heterocycles. The van der Waals surface area contributed by atoms with Crippen molar-refractivity contribution in [1.29, 1.82) is 0 Å². The van der Waals surface area contributed by atoms with E-state index in [2.05, 4.69) is 32.0 Å². The summed E-state index contributed by atoms with van der Waals surface area (Å²) in [5.74, 6) is 6.24. The second-order valence-corrected chi connectivity index (χ2v) is 14.7. The molecular weight excluding hydrogens is 649 g/mol. The number of anilines is 1. The SMILES string of the molecule is CC#CCn1c(N2CCC[C@@H](NP(=O)(COC)N[C@@H](C)C(=O)OC(C)C)C2)nc2c1c(=O)n(Cc1nc(C)c3ccccc3n1)c(=O)n2C. The van der Waals surface area contributed by atoms with Gasteiger partial charge in [0.1, 0.15) is 18.2 Å². The fraction of sp³-hybridized carbons (Fsp3) is 0.515. The van der Waals surface area contributed by atoms with Crippen LogP contribution < -0.4 is 26.3 Å². The molecule has 1 aromatic carbocycles. The van der Waals surface area contributed by atoms with Crippen molar-refractivity contribution in [3.05, 3.63) is 56.6 Å². The van der Waals surface area contributed by atoms with Crippen LogP contribution in [0.15, 0.2) is 33.9 Å². The number of nitrogens with one attached hydrogen (secondary N) is 2. The number of fused-ring (bicyclic) bond motifs is 2. The summed E-state index contributed by atoms with van der Waals surface area (Å²) in [5, 5.41) is 7.04. The molecule has 2 N–H and O–H groups in total. The van der Waals surface area contributed by atoms with Crippen molar-refractivity contribution in [2.24, 2.45) is 7.05 Å². The number of hydrogen-bond donors (Lipinski definition) is 2. The summed E-state index contributed by atoms with van der Waals surface area (Å²) in [6.45, 7) is 9.72. The van der Waals surface area contributed by atoms with E-state index in [9.17, 15) is 18.9 Å². The van der Waals surface area contributed by atoms with Crippen molar-refractivity contribution in [3.8, 4) is 11.8 Å². The number of carbonyl (C=O) groups is 1. The Kier molecular flexibility index (Phi) is 11.0. The first kappa shape index (κ1) is 35.9. The van der Waals surface area contributed by atoms with Crippen molar-refractivity contribution in [2.45, 2.75) is 78.7 Å². The van der Waals surface area contributed by atoms with E-state index < -0.39 is 30.7 Å². The molecule has 3 atom stereocenters. The number of rotatable bonds is 12. The highest BCUT2D eigenvalue weighted by Gasteiger charge is 2.34. The van der Waals surface area contributed by atoms with E-state index in [-0.39, 0.29) is 42.7 Å². The molecular formula is C33H44N9O6P. The van der Waals surface area contributed by atoms with Crippen LogP contribution in [0.3, 0.4) is 0 Å². The van der Waals surface area contributed by atoms with E-state index in [0.29, 0.717) is 31.3 Å². The Labute approximate surface area is 284 Å². The van der Waals surface area contributed by atoms with Gasteiger partial charge >= 0.3 is 11.7 Å². The molecule has 3 aromatic heterocycles. The van der Waals surface area contributed by atoms with Gasteiger partial charge in [0.2, 0.25) is 13.4 Å². The number of nitrogens with zero attached hydrogens (tertiary/aromatic N) is 7. The zero-order valence-electron chi connectivity index (χ0n) is 29.0. The Morgan fingerprint density at radius 2 is 1.90 bits per heavy atom. The molecule has 16 heteroatoms. The molecule has 0 saturated carbocycles. The number of aryl methyl sites for hydroxylation is 2. The molecule has 1 aliphatic heterocycles. The standard InChI is InChI=1S/C33H44N9O6P/c1-8-9-17-41-28-29(39(6)33(45)42(30(28)43)19-27-34-22(4)25-14-10-11-15-26(25)35-27)36-32(41)40-16-12-13-24(18-40)38-49(46,20-47-7)37-23(5)31(44)48-21(2)3/h10-11,14-15,21,23-24H,12-13,16-20H2,1-7H3,(H2,37,38,46)/t23-,24+,49?/m0/s1. The summed E-state index contributed by atoms with van der Waals surface area (Å²) in [4.78, 5) is 56.3. The first-order valence-corrected chi connectivity index (χ1v) is 18.2. The van der Waals surface area contributed by atoms with Gasteiger partial charge in [0.05, 0.1) is 24.7 Å². The first-order chi connectivity index (χ1) is 23.4. The predicted octanol–water partition coefficient (Wildman–Crippen LogP) is 2.51. The number of imidazole rings is 1. The first-order valence-electron chi connectivity index (χ1n) is 16.3.